The second kappa shape index (κ2) is 12.8. The highest BCUT2D eigenvalue weighted by Crippen LogP contribution is 2.27. The number of halogens is 1. The van der Waals surface area contributed by atoms with Crippen LogP contribution >= 0.6 is 0 Å². The molecule has 3 amide bonds. The average molecular weight is 548 g/mol. The summed E-state index contributed by atoms with van der Waals surface area (Å²) in [5.41, 5.74) is 5.63. The zero-order chi connectivity index (χ0) is 28.9. The summed E-state index contributed by atoms with van der Waals surface area (Å²) in [6.07, 6.45) is 1.14. The quantitative estimate of drug-likeness (QED) is 0.452. The number of aromatic nitrogens is 2. The van der Waals surface area contributed by atoms with Crippen molar-refractivity contribution < 1.29 is 28.2 Å². The lowest BCUT2D eigenvalue weighted by Gasteiger charge is -2.42. The van der Waals surface area contributed by atoms with E-state index in [0.717, 1.165) is 6.42 Å². The van der Waals surface area contributed by atoms with Crippen molar-refractivity contribution in [1.82, 2.24) is 19.4 Å². The van der Waals surface area contributed by atoms with Crippen LogP contribution in [0.1, 0.15) is 64.5 Å². The molecule has 0 spiro atoms. The first-order chi connectivity index (χ1) is 18.3. The predicted molar refractivity (Wildman–Crippen MR) is 146 cm³/mol. The van der Waals surface area contributed by atoms with Crippen LogP contribution in [0.25, 0.3) is 11.0 Å². The van der Waals surface area contributed by atoms with E-state index in [1.165, 1.54) is 11.0 Å². The number of methoxy groups -OCH3 is 1. The number of ether oxygens (including phenoxy) is 2. The first-order valence-electron chi connectivity index (χ1n) is 13.5. The molecule has 10 nitrogen and oxygen atoms in total. The lowest BCUT2D eigenvalue weighted by Crippen LogP contribution is -2.57. The second-order valence-corrected chi connectivity index (χ2v) is 11.6. The zero-order valence-electron chi connectivity index (χ0n) is 23.9. The van der Waals surface area contributed by atoms with Gasteiger partial charge in [-0.2, -0.15) is 0 Å². The van der Waals surface area contributed by atoms with Crippen LogP contribution in [0.15, 0.2) is 18.2 Å². The maximum absolute atomic E-state index is 15.0. The Balaban J connectivity index is 2.01. The molecule has 216 valence electrons. The van der Waals surface area contributed by atoms with Crippen LogP contribution in [0.5, 0.6) is 0 Å². The summed E-state index contributed by atoms with van der Waals surface area (Å²) in [6, 6.07) is 4.09. The van der Waals surface area contributed by atoms with E-state index in [-0.39, 0.29) is 36.3 Å². The van der Waals surface area contributed by atoms with Crippen molar-refractivity contribution >= 4 is 28.9 Å². The summed E-state index contributed by atoms with van der Waals surface area (Å²) in [4.78, 5) is 47.1. The van der Waals surface area contributed by atoms with Gasteiger partial charge in [0, 0.05) is 39.9 Å². The number of fused-ring (bicyclic) bond motifs is 1. The largest absolute Gasteiger partial charge is 0.444 e. The SMILES string of the molecule is COCCCCn1c(C(=O)N(CC(C)C)[C@H]2C[C@@H](C(N)=O)CN(C(=O)OC(C)(C)C)C2)nc2cccc(F)c21. The number of amides is 3. The van der Waals surface area contributed by atoms with Gasteiger partial charge in [0.1, 0.15) is 16.9 Å². The van der Waals surface area contributed by atoms with Crippen molar-refractivity contribution in [2.75, 3.05) is 33.4 Å². The van der Waals surface area contributed by atoms with Gasteiger partial charge in [-0.05, 0) is 58.1 Å². The van der Waals surface area contributed by atoms with E-state index in [4.69, 9.17) is 15.2 Å². The van der Waals surface area contributed by atoms with Crippen LogP contribution < -0.4 is 5.73 Å². The first-order valence-corrected chi connectivity index (χ1v) is 13.5. The van der Waals surface area contributed by atoms with Crippen molar-refractivity contribution in [2.45, 2.75) is 72.1 Å². The predicted octanol–water partition coefficient (Wildman–Crippen LogP) is 3.81. The number of hydrogen-bond acceptors (Lipinski definition) is 6. The van der Waals surface area contributed by atoms with Gasteiger partial charge < -0.3 is 29.6 Å². The molecule has 2 N–H and O–H groups in total. The number of hydrogen-bond donors (Lipinski definition) is 1. The first kappa shape index (κ1) is 30.3. The third-order valence-electron chi connectivity index (χ3n) is 6.63. The van der Waals surface area contributed by atoms with E-state index in [9.17, 15) is 18.8 Å². The number of piperidine rings is 1. The van der Waals surface area contributed by atoms with Gasteiger partial charge in [-0.25, -0.2) is 14.2 Å². The third-order valence-corrected chi connectivity index (χ3v) is 6.63. The number of carbonyl (C=O) groups is 3. The van der Waals surface area contributed by atoms with Gasteiger partial charge in [-0.1, -0.05) is 19.9 Å². The number of nitrogens with zero attached hydrogens (tertiary/aromatic N) is 4. The van der Waals surface area contributed by atoms with Gasteiger partial charge in [0.15, 0.2) is 5.82 Å². The Morgan fingerprint density at radius 3 is 2.54 bits per heavy atom. The molecule has 2 heterocycles. The van der Waals surface area contributed by atoms with Crippen molar-refractivity contribution in [2.24, 2.45) is 17.6 Å². The Labute approximate surface area is 229 Å². The molecule has 39 heavy (non-hydrogen) atoms. The van der Waals surface area contributed by atoms with Crippen molar-refractivity contribution in [3.63, 3.8) is 0 Å². The summed E-state index contributed by atoms with van der Waals surface area (Å²) in [5.74, 6) is -1.83. The molecule has 0 bridgehead atoms. The van der Waals surface area contributed by atoms with E-state index in [0.29, 0.717) is 38.1 Å². The normalized spacial score (nSPS) is 18.0. The number of aryl methyl sites for hydroxylation is 1. The maximum atomic E-state index is 15.0. The van der Waals surface area contributed by atoms with Crippen LogP contribution in [0.2, 0.25) is 0 Å². The number of carbonyl (C=O) groups excluding carboxylic acids is 3. The molecule has 0 aliphatic carbocycles. The molecular weight excluding hydrogens is 505 g/mol. The average Bonchev–Trinajstić information content (AvgIpc) is 3.23. The highest BCUT2D eigenvalue weighted by atomic mass is 19.1. The Morgan fingerprint density at radius 1 is 1.21 bits per heavy atom. The van der Waals surface area contributed by atoms with Crippen molar-refractivity contribution in [3.8, 4) is 0 Å². The van der Waals surface area contributed by atoms with E-state index in [1.807, 2.05) is 13.8 Å². The number of rotatable bonds is 10. The van der Waals surface area contributed by atoms with Gasteiger partial charge in [-0.3, -0.25) is 9.59 Å². The van der Waals surface area contributed by atoms with Gasteiger partial charge in [0.2, 0.25) is 5.91 Å². The number of likely N-dealkylation sites (tertiary alicyclic amines) is 1. The number of benzene rings is 1. The summed E-state index contributed by atoms with van der Waals surface area (Å²) >= 11 is 0. The summed E-state index contributed by atoms with van der Waals surface area (Å²) < 4.78 is 27.3. The van der Waals surface area contributed by atoms with Crippen LogP contribution in [0, 0.1) is 17.7 Å². The highest BCUT2D eigenvalue weighted by Gasteiger charge is 2.40. The minimum absolute atomic E-state index is 0.0779. The molecule has 0 unspecified atom stereocenters. The van der Waals surface area contributed by atoms with Crippen LogP contribution in [-0.2, 0) is 20.8 Å². The lowest BCUT2D eigenvalue weighted by molar-refractivity contribution is -0.124. The Morgan fingerprint density at radius 2 is 1.92 bits per heavy atom. The molecule has 3 rings (SSSR count). The Bertz CT molecular complexity index is 1180. The van der Waals surface area contributed by atoms with Crippen LogP contribution in [0.4, 0.5) is 9.18 Å². The molecular formula is C28H42FN5O5. The Kier molecular flexibility index (Phi) is 9.93. The number of para-hydroxylation sites is 1. The maximum Gasteiger partial charge on any atom is 0.410 e. The fraction of sp³-hybridized carbons (Fsp3) is 0.643. The molecule has 0 radical (unpaired) electrons. The van der Waals surface area contributed by atoms with Gasteiger partial charge in [0.05, 0.1) is 17.5 Å². The zero-order valence-corrected chi connectivity index (χ0v) is 23.9. The molecule has 1 saturated heterocycles. The summed E-state index contributed by atoms with van der Waals surface area (Å²) in [7, 11) is 1.62. The van der Waals surface area contributed by atoms with E-state index in [1.54, 1.807) is 49.5 Å². The van der Waals surface area contributed by atoms with Crippen molar-refractivity contribution in [3.05, 3.63) is 29.8 Å². The molecule has 11 heteroatoms. The highest BCUT2D eigenvalue weighted by molar-refractivity contribution is 5.95. The van der Waals surface area contributed by atoms with E-state index < -0.39 is 35.4 Å². The molecule has 1 aromatic carbocycles. The Hall–Kier alpha value is -3.21. The fourth-order valence-electron chi connectivity index (χ4n) is 4.94. The number of primary amides is 1. The van der Waals surface area contributed by atoms with E-state index >= 15 is 0 Å². The number of imidazole rings is 1. The number of nitrogens with two attached hydrogens (primary N) is 1. The second-order valence-electron chi connectivity index (χ2n) is 11.6. The number of unbranched alkanes of at least 4 members (excludes halogenated alkanes) is 1. The van der Waals surface area contributed by atoms with Crippen LogP contribution in [-0.4, -0.2) is 82.3 Å². The molecule has 2 aromatic rings. The van der Waals surface area contributed by atoms with Gasteiger partial charge in [0.25, 0.3) is 5.91 Å². The standard InChI is InChI=1S/C28H42FN5O5/c1-18(2)15-34(20-14-19(24(30)35)16-32(17-20)27(37)39-28(3,4)5)26(36)25-31-22-11-9-10-21(29)23(22)33(25)12-7-8-13-38-6/h9-11,18-20H,7-8,12-17H2,1-6H3,(H2,30,35)/t19-,20+/m1/s1. The molecule has 1 aliphatic heterocycles. The van der Waals surface area contributed by atoms with E-state index in [2.05, 4.69) is 4.98 Å². The molecule has 2 atom stereocenters. The third kappa shape index (κ3) is 7.68. The summed E-state index contributed by atoms with van der Waals surface area (Å²) in [6.45, 7) is 10.8. The van der Waals surface area contributed by atoms with Crippen LogP contribution in [0.3, 0.4) is 0 Å². The van der Waals surface area contributed by atoms with Gasteiger partial charge in [-0.15, -0.1) is 0 Å². The monoisotopic (exact) mass is 547 g/mol. The summed E-state index contributed by atoms with van der Waals surface area (Å²) in [5, 5.41) is 0. The topological polar surface area (TPSA) is 120 Å². The minimum atomic E-state index is -0.725. The lowest BCUT2D eigenvalue weighted by atomic mass is 9.92. The molecule has 0 saturated carbocycles. The molecule has 1 aliphatic rings. The smallest absolute Gasteiger partial charge is 0.410 e. The fourth-order valence-corrected chi connectivity index (χ4v) is 4.94. The molecule has 1 fully saturated rings. The van der Waals surface area contributed by atoms with Gasteiger partial charge >= 0.3 is 6.09 Å². The minimum Gasteiger partial charge on any atom is -0.444 e. The molecule has 1 aromatic heterocycles. The van der Waals surface area contributed by atoms with Crippen molar-refractivity contribution in [1.29, 1.82) is 0 Å².